The van der Waals surface area contributed by atoms with Gasteiger partial charge in [-0.2, -0.15) is 0 Å². The third-order valence-corrected chi connectivity index (χ3v) is 4.17. The molecule has 0 saturated heterocycles. The maximum atomic E-state index is 13.4. The van der Waals surface area contributed by atoms with Crippen LogP contribution in [-0.2, 0) is 0 Å². The van der Waals surface area contributed by atoms with Gasteiger partial charge in [0.05, 0.1) is 0 Å². The van der Waals surface area contributed by atoms with Crippen LogP contribution in [-0.4, -0.2) is 6.10 Å². The van der Waals surface area contributed by atoms with E-state index in [9.17, 15) is 4.39 Å². The number of nitrogens with two attached hydrogens (primary N) is 1. The zero-order valence-electron chi connectivity index (χ0n) is 12.1. The van der Waals surface area contributed by atoms with E-state index in [0.717, 1.165) is 18.4 Å². The largest absolute Gasteiger partial charge is 0.490 e. The molecule has 3 heteroatoms. The minimum Gasteiger partial charge on any atom is -0.490 e. The van der Waals surface area contributed by atoms with E-state index in [2.05, 4.69) is 19.1 Å². The summed E-state index contributed by atoms with van der Waals surface area (Å²) in [5.41, 5.74) is 8.39. The van der Waals surface area contributed by atoms with Crippen molar-refractivity contribution >= 4 is 0 Å². The molecule has 0 spiro atoms. The molecular formula is C18H20FNO. The molecule has 1 heterocycles. The number of rotatable bonds is 3. The summed E-state index contributed by atoms with van der Waals surface area (Å²) in [6.07, 6.45) is 1.69. The van der Waals surface area contributed by atoms with Crippen molar-refractivity contribution in [2.75, 3.05) is 0 Å². The molecule has 21 heavy (non-hydrogen) atoms. The second-order valence-electron chi connectivity index (χ2n) is 5.81. The molecule has 3 atom stereocenters. The van der Waals surface area contributed by atoms with Crippen molar-refractivity contribution in [2.24, 2.45) is 5.73 Å². The van der Waals surface area contributed by atoms with Gasteiger partial charge in [0.15, 0.2) is 0 Å². The molecule has 0 amide bonds. The van der Waals surface area contributed by atoms with Crippen LogP contribution in [0, 0.1) is 5.82 Å². The molecule has 3 rings (SSSR count). The Balaban J connectivity index is 1.74. The molecule has 0 saturated carbocycles. The van der Waals surface area contributed by atoms with Crippen molar-refractivity contribution < 1.29 is 9.13 Å². The summed E-state index contributed by atoms with van der Waals surface area (Å²) in [4.78, 5) is 0. The van der Waals surface area contributed by atoms with Crippen LogP contribution in [0.2, 0.25) is 0 Å². The van der Waals surface area contributed by atoms with Crippen LogP contribution in [0.15, 0.2) is 48.5 Å². The van der Waals surface area contributed by atoms with Gasteiger partial charge in [-0.05, 0) is 24.0 Å². The van der Waals surface area contributed by atoms with E-state index >= 15 is 0 Å². The van der Waals surface area contributed by atoms with Gasteiger partial charge in [-0.25, -0.2) is 4.39 Å². The summed E-state index contributed by atoms with van der Waals surface area (Å²) in [6, 6.07) is 14.9. The number of halogens is 1. The molecule has 110 valence electrons. The van der Waals surface area contributed by atoms with Crippen LogP contribution in [0.25, 0.3) is 0 Å². The maximum Gasteiger partial charge on any atom is 0.127 e. The summed E-state index contributed by atoms with van der Waals surface area (Å²) >= 11 is 0. The third-order valence-electron chi connectivity index (χ3n) is 4.17. The highest BCUT2D eigenvalue weighted by Crippen LogP contribution is 2.36. The standard InChI is InChI=1S/C18H20FNO/c1-12(13-5-3-2-4-6-13)9-15-11-17(20)16-8-7-14(19)10-18(16)21-15/h2-8,10,12,15,17H,9,11,20H2,1H3/t12?,15?,17-/m1/s1. The van der Waals surface area contributed by atoms with Crippen molar-refractivity contribution in [3.8, 4) is 5.75 Å². The molecule has 1 aliphatic rings. The maximum absolute atomic E-state index is 13.4. The van der Waals surface area contributed by atoms with Crippen molar-refractivity contribution in [3.63, 3.8) is 0 Å². The van der Waals surface area contributed by atoms with Crippen LogP contribution >= 0.6 is 0 Å². The Morgan fingerprint density at radius 2 is 2.00 bits per heavy atom. The van der Waals surface area contributed by atoms with Gasteiger partial charge in [0, 0.05) is 24.1 Å². The Kier molecular flexibility index (Phi) is 3.93. The van der Waals surface area contributed by atoms with Gasteiger partial charge in [0.2, 0.25) is 0 Å². The van der Waals surface area contributed by atoms with Gasteiger partial charge in [0.1, 0.15) is 17.7 Å². The first-order valence-corrected chi connectivity index (χ1v) is 7.40. The second-order valence-corrected chi connectivity index (χ2v) is 5.81. The zero-order valence-corrected chi connectivity index (χ0v) is 12.1. The summed E-state index contributed by atoms with van der Waals surface area (Å²) < 4.78 is 19.3. The van der Waals surface area contributed by atoms with Crippen molar-refractivity contribution in [3.05, 3.63) is 65.5 Å². The van der Waals surface area contributed by atoms with Crippen LogP contribution in [0.5, 0.6) is 5.75 Å². The number of hydrogen-bond acceptors (Lipinski definition) is 2. The van der Waals surface area contributed by atoms with Gasteiger partial charge in [-0.15, -0.1) is 0 Å². The van der Waals surface area contributed by atoms with E-state index in [1.165, 1.54) is 17.7 Å². The van der Waals surface area contributed by atoms with E-state index in [0.29, 0.717) is 11.7 Å². The SMILES string of the molecule is CC(CC1C[C@@H](N)c2ccc(F)cc2O1)c1ccccc1. The molecule has 0 bridgehead atoms. The Morgan fingerprint density at radius 1 is 1.24 bits per heavy atom. The van der Waals surface area contributed by atoms with Crippen molar-refractivity contribution in [2.45, 2.75) is 37.8 Å². The molecular weight excluding hydrogens is 265 g/mol. The van der Waals surface area contributed by atoms with Crippen LogP contribution in [0.3, 0.4) is 0 Å². The highest BCUT2D eigenvalue weighted by atomic mass is 19.1. The topological polar surface area (TPSA) is 35.2 Å². The zero-order chi connectivity index (χ0) is 14.8. The first-order valence-electron chi connectivity index (χ1n) is 7.40. The molecule has 2 aromatic carbocycles. The second kappa shape index (κ2) is 5.86. The van der Waals surface area contributed by atoms with Crippen LogP contribution in [0.1, 0.15) is 42.9 Å². The van der Waals surface area contributed by atoms with E-state index in [1.807, 2.05) is 18.2 Å². The van der Waals surface area contributed by atoms with E-state index in [1.54, 1.807) is 6.07 Å². The number of fused-ring (bicyclic) bond motifs is 1. The van der Waals surface area contributed by atoms with Crippen molar-refractivity contribution in [1.82, 2.24) is 0 Å². The number of benzene rings is 2. The monoisotopic (exact) mass is 285 g/mol. The molecule has 0 aromatic heterocycles. The predicted octanol–water partition coefficient (Wildman–Crippen LogP) is 4.17. The Bertz CT molecular complexity index is 614. The fourth-order valence-electron chi connectivity index (χ4n) is 3.01. The number of hydrogen-bond donors (Lipinski definition) is 1. The van der Waals surface area contributed by atoms with Crippen LogP contribution in [0.4, 0.5) is 4.39 Å². The fourth-order valence-corrected chi connectivity index (χ4v) is 3.01. The lowest BCUT2D eigenvalue weighted by molar-refractivity contribution is 0.143. The normalized spacial score (nSPS) is 22.2. The van der Waals surface area contributed by atoms with Gasteiger partial charge in [0.25, 0.3) is 0 Å². The van der Waals surface area contributed by atoms with E-state index in [4.69, 9.17) is 10.5 Å². The molecule has 0 fully saturated rings. The average Bonchev–Trinajstić information content (AvgIpc) is 2.47. The van der Waals surface area contributed by atoms with Gasteiger partial charge in [-0.3, -0.25) is 0 Å². The van der Waals surface area contributed by atoms with E-state index in [-0.39, 0.29) is 18.0 Å². The molecule has 2 nitrogen and oxygen atoms in total. The fraction of sp³-hybridized carbons (Fsp3) is 0.333. The lowest BCUT2D eigenvalue weighted by Gasteiger charge is -2.32. The highest BCUT2D eigenvalue weighted by Gasteiger charge is 2.27. The van der Waals surface area contributed by atoms with Gasteiger partial charge >= 0.3 is 0 Å². The Morgan fingerprint density at radius 3 is 2.76 bits per heavy atom. The summed E-state index contributed by atoms with van der Waals surface area (Å²) in [6.45, 7) is 2.19. The summed E-state index contributed by atoms with van der Waals surface area (Å²) in [5, 5.41) is 0. The molecule has 2 N–H and O–H groups in total. The molecule has 0 radical (unpaired) electrons. The number of ether oxygens (including phenoxy) is 1. The van der Waals surface area contributed by atoms with Crippen LogP contribution < -0.4 is 10.5 Å². The van der Waals surface area contributed by atoms with Gasteiger partial charge < -0.3 is 10.5 Å². The van der Waals surface area contributed by atoms with E-state index < -0.39 is 0 Å². The summed E-state index contributed by atoms with van der Waals surface area (Å²) in [5.74, 6) is 0.704. The quantitative estimate of drug-likeness (QED) is 0.918. The highest BCUT2D eigenvalue weighted by molar-refractivity contribution is 5.38. The predicted molar refractivity (Wildman–Crippen MR) is 81.8 cm³/mol. The first kappa shape index (κ1) is 14.1. The molecule has 0 aliphatic carbocycles. The molecule has 2 aromatic rings. The Labute approximate surface area is 124 Å². The summed E-state index contributed by atoms with van der Waals surface area (Å²) in [7, 11) is 0. The van der Waals surface area contributed by atoms with Gasteiger partial charge in [-0.1, -0.05) is 43.3 Å². The first-order chi connectivity index (χ1) is 10.1. The molecule has 2 unspecified atom stereocenters. The minimum atomic E-state index is -0.280. The minimum absolute atomic E-state index is 0.0320. The third kappa shape index (κ3) is 3.08. The molecule has 1 aliphatic heterocycles. The Hall–Kier alpha value is -1.87. The smallest absolute Gasteiger partial charge is 0.127 e. The van der Waals surface area contributed by atoms with Crippen molar-refractivity contribution in [1.29, 1.82) is 0 Å². The lowest BCUT2D eigenvalue weighted by atomic mass is 9.89. The average molecular weight is 285 g/mol. The lowest BCUT2D eigenvalue weighted by Crippen LogP contribution is -2.30.